The summed E-state index contributed by atoms with van der Waals surface area (Å²) in [7, 11) is 2.28. The third kappa shape index (κ3) is 5.38. The molecule has 1 atom stereocenters. The van der Waals surface area contributed by atoms with Crippen LogP contribution < -0.4 is 3.58 Å². The Morgan fingerprint density at radius 1 is 1.04 bits per heavy atom. The zero-order chi connectivity index (χ0) is 19.0. The summed E-state index contributed by atoms with van der Waals surface area (Å²) >= 11 is 4.39. The van der Waals surface area contributed by atoms with Gasteiger partial charge >= 0.3 is 172 Å². The molecule has 26 heavy (non-hydrogen) atoms. The standard InChI is InChI=1S/C10H12ClN2.3C4H9.Sn/c1-13-4-2-3-10(13)8-5-9(11)7-12-6-8;3*1-3-4-2;/h6-7,10H,2-4H2,1H3;3*1,3-4H2,2H3;/t10-;;;;/m0..../s1. The molecule has 1 fully saturated rings. The number of likely N-dealkylation sites (tertiary alicyclic amines) is 1. The van der Waals surface area contributed by atoms with Crippen LogP contribution in [0, 0.1) is 0 Å². The van der Waals surface area contributed by atoms with Gasteiger partial charge in [-0.3, -0.25) is 0 Å². The number of nitrogens with zero attached hydrogens (tertiary/aromatic N) is 2. The van der Waals surface area contributed by atoms with Crippen molar-refractivity contribution in [1.29, 1.82) is 0 Å². The number of hydrogen-bond acceptors (Lipinski definition) is 2. The molecule has 4 heteroatoms. The van der Waals surface area contributed by atoms with Crippen molar-refractivity contribution in [2.24, 2.45) is 0 Å². The van der Waals surface area contributed by atoms with E-state index in [4.69, 9.17) is 11.6 Å². The summed E-state index contributed by atoms with van der Waals surface area (Å²) in [6, 6.07) is 0.539. The van der Waals surface area contributed by atoms with Crippen LogP contribution in [0.1, 0.15) is 83.7 Å². The average molecular weight is 486 g/mol. The van der Waals surface area contributed by atoms with Crippen LogP contribution in [0.4, 0.5) is 0 Å². The second-order valence-corrected chi connectivity index (χ2v) is 21.7. The van der Waals surface area contributed by atoms with E-state index in [1.807, 2.05) is 6.20 Å². The van der Waals surface area contributed by atoms with E-state index >= 15 is 0 Å². The number of rotatable bonds is 11. The molecule has 1 aliphatic rings. The maximum absolute atomic E-state index is 6.95. The van der Waals surface area contributed by atoms with Crippen LogP contribution in [-0.2, 0) is 0 Å². The molecule has 0 saturated carbocycles. The van der Waals surface area contributed by atoms with Gasteiger partial charge in [-0.1, -0.05) is 0 Å². The van der Waals surface area contributed by atoms with Crippen molar-refractivity contribution in [3.8, 4) is 0 Å². The molecule has 0 bridgehead atoms. The second-order valence-electron chi connectivity index (χ2n) is 8.32. The Hall–Kier alpha value is 0.199. The Labute approximate surface area is 171 Å². The van der Waals surface area contributed by atoms with E-state index < -0.39 is 18.4 Å². The number of pyridine rings is 1. The van der Waals surface area contributed by atoms with Gasteiger partial charge in [0.2, 0.25) is 0 Å². The molecule has 0 aliphatic carbocycles. The first-order chi connectivity index (χ1) is 12.6. The molecule has 148 valence electrons. The summed E-state index contributed by atoms with van der Waals surface area (Å²) in [6.07, 6.45) is 14.7. The summed E-state index contributed by atoms with van der Waals surface area (Å²) in [5.41, 5.74) is 1.51. The minimum atomic E-state index is -2.56. The number of halogens is 1. The summed E-state index contributed by atoms with van der Waals surface area (Å²) in [5.74, 6) is 0. The first-order valence-corrected chi connectivity index (χ1v) is 18.8. The molecule has 0 unspecified atom stereocenters. The second kappa shape index (κ2) is 11.3. The van der Waals surface area contributed by atoms with Crippen molar-refractivity contribution in [3.05, 3.63) is 23.0 Å². The normalized spacial score (nSPS) is 18.6. The molecule has 1 saturated heterocycles. The van der Waals surface area contributed by atoms with Crippen LogP contribution in [0.2, 0.25) is 18.3 Å². The predicted octanol–water partition coefficient (Wildman–Crippen LogP) is 6.56. The van der Waals surface area contributed by atoms with Gasteiger partial charge in [-0.15, -0.1) is 0 Å². The molecule has 2 nitrogen and oxygen atoms in total. The van der Waals surface area contributed by atoms with Gasteiger partial charge in [0, 0.05) is 0 Å². The molecular weight excluding hydrogens is 446 g/mol. The average Bonchev–Trinajstić information content (AvgIpc) is 3.07. The van der Waals surface area contributed by atoms with Crippen molar-refractivity contribution in [2.75, 3.05) is 13.6 Å². The minimum absolute atomic E-state index is 0.539. The van der Waals surface area contributed by atoms with E-state index in [-0.39, 0.29) is 0 Å². The number of hydrogen-bond donors (Lipinski definition) is 0. The molecule has 1 aliphatic heterocycles. The zero-order valence-electron chi connectivity index (χ0n) is 17.5. The van der Waals surface area contributed by atoms with Gasteiger partial charge in [0.25, 0.3) is 0 Å². The van der Waals surface area contributed by atoms with Gasteiger partial charge in [0.05, 0.1) is 0 Å². The third-order valence-corrected chi connectivity index (χ3v) is 22.9. The monoisotopic (exact) mass is 486 g/mol. The summed E-state index contributed by atoms with van der Waals surface area (Å²) < 4.78 is 6.07. The Morgan fingerprint density at radius 3 is 2.08 bits per heavy atom. The van der Waals surface area contributed by atoms with E-state index in [0.29, 0.717) is 6.04 Å². The molecule has 1 aromatic heterocycles. The van der Waals surface area contributed by atoms with Gasteiger partial charge in [-0.2, -0.15) is 0 Å². The first-order valence-electron chi connectivity index (χ1n) is 10.9. The Bertz CT molecular complexity index is 527. The van der Waals surface area contributed by atoms with Gasteiger partial charge in [0.15, 0.2) is 0 Å². The maximum atomic E-state index is 6.95. The van der Waals surface area contributed by atoms with E-state index in [1.54, 1.807) is 3.58 Å². The van der Waals surface area contributed by atoms with E-state index in [2.05, 4.69) is 43.9 Å². The SMILES string of the molecule is CCC[CH2][Sn]([CH2]CCC)([CH2]CCC)[c]1c(Cl)cncc1[C@@H]1CCCN1C. The van der Waals surface area contributed by atoms with Crippen LogP contribution in [0.25, 0.3) is 0 Å². The van der Waals surface area contributed by atoms with Crippen molar-refractivity contribution >= 4 is 33.6 Å². The molecule has 0 N–H and O–H groups in total. The summed E-state index contributed by atoms with van der Waals surface area (Å²) in [6.45, 7) is 8.24. The molecule has 0 aromatic carbocycles. The molecule has 0 amide bonds. The predicted molar refractivity (Wildman–Crippen MR) is 118 cm³/mol. The molecule has 1 aromatic rings. The molecule has 0 radical (unpaired) electrons. The molecule has 0 spiro atoms. The van der Waals surface area contributed by atoms with E-state index in [0.717, 1.165) is 5.02 Å². The van der Waals surface area contributed by atoms with Crippen LogP contribution >= 0.6 is 11.6 Å². The number of aromatic nitrogens is 1. The molecular formula is C22H39ClN2Sn. The fourth-order valence-corrected chi connectivity index (χ4v) is 23.5. The van der Waals surface area contributed by atoms with Gasteiger partial charge in [-0.25, -0.2) is 0 Å². The molecule has 2 rings (SSSR count). The fraction of sp³-hybridized carbons (Fsp3) is 0.773. The molecule has 2 heterocycles. The van der Waals surface area contributed by atoms with Crippen molar-refractivity contribution in [2.45, 2.75) is 91.5 Å². The van der Waals surface area contributed by atoms with Crippen LogP contribution in [-0.4, -0.2) is 41.9 Å². The van der Waals surface area contributed by atoms with E-state index in [1.165, 1.54) is 76.8 Å². The van der Waals surface area contributed by atoms with Crippen molar-refractivity contribution < 1.29 is 0 Å². The fourth-order valence-electron chi connectivity index (χ4n) is 4.86. The Morgan fingerprint density at radius 2 is 1.62 bits per heavy atom. The number of unbranched alkanes of at least 4 members (excludes halogenated alkanes) is 3. The first kappa shape index (κ1) is 22.5. The Kier molecular flexibility index (Phi) is 9.74. The van der Waals surface area contributed by atoms with Crippen molar-refractivity contribution in [1.82, 2.24) is 9.88 Å². The van der Waals surface area contributed by atoms with Crippen molar-refractivity contribution in [3.63, 3.8) is 0 Å². The Balaban J connectivity index is 2.53. The van der Waals surface area contributed by atoms with Crippen LogP contribution in [0.3, 0.4) is 0 Å². The third-order valence-electron chi connectivity index (χ3n) is 6.37. The zero-order valence-corrected chi connectivity index (χ0v) is 21.1. The van der Waals surface area contributed by atoms with Gasteiger partial charge in [0.1, 0.15) is 0 Å². The quantitative estimate of drug-likeness (QED) is 0.330. The summed E-state index contributed by atoms with van der Waals surface area (Å²) in [5, 5.41) is 1.00. The summed E-state index contributed by atoms with van der Waals surface area (Å²) in [4.78, 5) is 7.09. The van der Waals surface area contributed by atoms with Gasteiger partial charge in [-0.05, 0) is 0 Å². The topological polar surface area (TPSA) is 16.1 Å². The van der Waals surface area contributed by atoms with Crippen LogP contribution in [0.5, 0.6) is 0 Å². The van der Waals surface area contributed by atoms with E-state index in [9.17, 15) is 0 Å². The van der Waals surface area contributed by atoms with Gasteiger partial charge < -0.3 is 0 Å². The van der Waals surface area contributed by atoms with Crippen LogP contribution in [0.15, 0.2) is 12.4 Å².